The monoisotopic (exact) mass is 267 g/mol. The first-order valence-electron chi connectivity index (χ1n) is 6.23. The maximum Gasteiger partial charge on any atom is 0.152 e. The molecule has 0 aliphatic heterocycles. The zero-order chi connectivity index (χ0) is 13.9. The van der Waals surface area contributed by atoms with E-state index in [9.17, 15) is 4.79 Å². The van der Waals surface area contributed by atoms with Crippen LogP contribution >= 0.6 is 0 Å². The van der Waals surface area contributed by atoms with Crippen LogP contribution in [0, 0.1) is 6.92 Å². The molecule has 0 saturated heterocycles. The van der Waals surface area contributed by atoms with Crippen LogP contribution in [0.2, 0.25) is 0 Å². The predicted octanol–water partition coefficient (Wildman–Crippen LogP) is 2.66. The zero-order valence-electron chi connectivity index (χ0n) is 11.0. The van der Waals surface area contributed by atoms with Crippen LogP contribution < -0.4 is 4.74 Å². The first-order chi connectivity index (χ1) is 9.78. The molecule has 5 heteroatoms. The zero-order valence-corrected chi connectivity index (χ0v) is 11.0. The summed E-state index contributed by atoms with van der Waals surface area (Å²) < 4.78 is 5.73. The first kappa shape index (κ1) is 12.3. The molecule has 20 heavy (non-hydrogen) atoms. The second-order valence-electron chi connectivity index (χ2n) is 4.51. The maximum atomic E-state index is 11.0. The molecule has 0 bridgehead atoms. The molecule has 2 heterocycles. The number of aryl methyl sites for hydroxylation is 1. The summed E-state index contributed by atoms with van der Waals surface area (Å²) >= 11 is 0. The van der Waals surface area contributed by atoms with Crippen LogP contribution in [-0.2, 0) is 6.61 Å². The van der Waals surface area contributed by atoms with Gasteiger partial charge in [-0.05, 0) is 24.6 Å². The van der Waals surface area contributed by atoms with Crippen molar-refractivity contribution in [3.63, 3.8) is 0 Å². The topological polar surface area (TPSA) is 67.9 Å². The number of ether oxygens (including phenoxy) is 1. The van der Waals surface area contributed by atoms with Crippen LogP contribution in [-0.4, -0.2) is 21.2 Å². The van der Waals surface area contributed by atoms with E-state index < -0.39 is 0 Å². The molecule has 3 rings (SSSR count). The second-order valence-corrected chi connectivity index (χ2v) is 4.51. The predicted molar refractivity (Wildman–Crippen MR) is 74.8 cm³/mol. The van der Waals surface area contributed by atoms with Crippen LogP contribution in [0.15, 0.2) is 36.8 Å². The highest BCUT2D eigenvalue weighted by atomic mass is 16.5. The summed E-state index contributed by atoms with van der Waals surface area (Å²) in [5.41, 5.74) is 3.01. The van der Waals surface area contributed by atoms with Crippen molar-refractivity contribution in [2.24, 2.45) is 0 Å². The van der Waals surface area contributed by atoms with Crippen molar-refractivity contribution < 1.29 is 9.53 Å². The third kappa shape index (κ3) is 2.25. The van der Waals surface area contributed by atoms with E-state index in [4.69, 9.17) is 4.74 Å². The number of hydrogen-bond acceptors (Lipinski definition) is 4. The number of carbonyl (C=O) groups excluding carboxylic acids is 1. The molecule has 1 N–H and O–H groups in total. The molecule has 0 radical (unpaired) electrons. The average molecular weight is 267 g/mol. The van der Waals surface area contributed by atoms with Gasteiger partial charge in [-0.15, -0.1) is 0 Å². The van der Waals surface area contributed by atoms with Gasteiger partial charge in [0.2, 0.25) is 0 Å². The minimum atomic E-state index is 0.293. The Labute approximate surface area is 115 Å². The van der Waals surface area contributed by atoms with E-state index in [0.717, 1.165) is 23.0 Å². The van der Waals surface area contributed by atoms with E-state index >= 15 is 0 Å². The van der Waals surface area contributed by atoms with Crippen LogP contribution in [0.1, 0.15) is 21.6 Å². The maximum absolute atomic E-state index is 11.0. The Bertz CT molecular complexity index is 765. The number of fused-ring (bicyclic) bond motifs is 1. The summed E-state index contributed by atoms with van der Waals surface area (Å²) in [4.78, 5) is 22.3. The highest BCUT2D eigenvalue weighted by molar-refractivity contribution is 5.96. The summed E-state index contributed by atoms with van der Waals surface area (Å²) in [5, 5.41) is 0.718. The number of carbonyl (C=O) groups is 1. The summed E-state index contributed by atoms with van der Waals surface area (Å²) in [5.74, 6) is 0.778. The molecule has 5 nitrogen and oxygen atoms in total. The van der Waals surface area contributed by atoms with Crippen molar-refractivity contribution in [3.8, 4) is 5.75 Å². The first-order valence-corrected chi connectivity index (χ1v) is 6.23. The lowest BCUT2D eigenvalue weighted by atomic mass is 10.2. The van der Waals surface area contributed by atoms with Crippen molar-refractivity contribution in [1.29, 1.82) is 0 Å². The minimum Gasteiger partial charge on any atom is -0.487 e. The number of nitrogens with zero attached hydrogens (tertiary/aromatic N) is 2. The highest BCUT2D eigenvalue weighted by Gasteiger charge is 2.11. The summed E-state index contributed by atoms with van der Waals surface area (Å²) in [6.07, 6.45) is 3.88. The Morgan fingerprint density at radius 1 is 1.35 bits per heavy atom. The van der Waals surface area contributed by atoms with Gasteiger partial charge in [0.15, 0.2) is 6.29 Å². The Balaban J connectivity index is 1.91. The third-order valence-corrected chi connectivity index (χ3v) is 3.07. The van der Waals surface area contributed by atoms with Crippen molar-refractivity contribution in [2.45, 2.75) is 13.5 Å². The van der Waals surface area contributed by atoms with E-state index in [1.165, 1.54) is 6.33 Å². The van der Waals surface area contributed by atoms with Crippen LogP contribution in [0.3, 0.4) is 0 Å². The van der Waals surface area contributed by atoms with Gasteiger partial charge >= 0.3 is 0 Å². The summed E-state index contributed by atoms with van der Waals surface area (Å²) in [7, 11) is 0. The van der Waals surface area contributed by atoms with Gasteiger partial charge < -0.3 is 9.72 Å². The minimum absolute atomic E-state index is 0.293. The molecule has 0 atom stereocenters. The Morgan fingerprint density at radius 3 is 3.05 bits per heavy atom. The van der Waals surface area contributed by atoms with Gasteiger partial charge in [0.25, 0.3) is 0 Å². The van der Waals surface area contributed by atoms with Crippen LogP contribution in [0.5, 0.6) is 5.75 Å². The number of H-pyrrole nitrogens is 1. The standard InChI is InChI=1S/C15H13N3O2/c1-10-3-2-4-12(5-10)20-8-13-14-11(7-19)6-16-15(14)18-9-17-13/h2-7,9H,8H2,1H3,(H,16,17,18). The number of nitrogens with one attached hydrogen (secondary N) is 1. The Hall–Kier alpha value is -2.69. The van der Waals surface area contributed by atoms with Gasteiger partial charge in [0, 0.05) is 11.8 Å². The molecule has 0 aliphatic rings. The molecule has 3 aromatic rings. The van der Waals surface area contributed by atoms with Crippen LogP contribution in [0.4, 0.5) is 0 Å². The fraction of sp³-hybridized carbons (Fsp3) is 0.133. The highest BCUT2D eigenvalue weighted by Crippen LogP contribution is 2.20. The van der Waals surface area contributed by atoms with Gasteiger partial charge in [0.1, 0.15) is 24.3 Å². The lowest BCUT2D eigenvalue weighted by Gasteiger charge is -2.07. The van der Waals surface area contributed by atoms with Gasteiger partial charge in [-0.25, -0.2) is 9.97 Å². The largest absolute Gasteiger partial charge is 0.487 e. The Kier molecular flexibility index (Phi) is 3.16. The SMILES string of the molecule is Cc1cccc(OCc2ncnc3[nH]cc(C=O)c23)c1. The number of rotatable bonds is 4. The summed E-state index contributed by atoms with van der Waals surface area (Å²) in [6.45, 7) is 2.30. The molecule has 1 aromatic carbocycles. The molecule has 0 aliphatic carbocycles. The molecule has 0 fully saturated rings. The van der Waals surface area contributed by atoms with Gasteiger partial charge in [0.05, 0.1) is 11.1 Å². The molecular formula is C15H13N3O2. The van der Waals surface area contributed by atoms with E-state index in [1.54, 1.807) is 6.20 Å². The van der Waals surface area contributed by atoms with Crippen molar-refractivity contribution in [2.75, 3.05) is 0 Å². The molecule has 0 spiro atoms. The quantitative estimate of drug-likeness (QED) is 0.738. The van der Waals surface area contributed by atoms with E-state index in [-0.39, 0.29) is 0 Å². The van der Waals surface area contributed by atoms with Gasteiger partial charge in [-0.2, -0.15) is 0 Å². The number of aromatic nitrogens is 3. The summed E-state index contributed by atoms with van der Waals surface area (Å²) in [6, 6.07) is 7.79. The second kappa shape index (κ2) is 5.13. The van der Waals surface area contributed by atoms with Gasteiger partial charge in [-0.3, -0.25) is 4.79 Å². The molecular weight excluding hydrogens is 254 g/mol. The fourth-order valence-electron chi connectivity index (χ4n) is 2.11. The number of aldehydes is 1. The van der Waals surface area contributed by atoms with Crippen molar-refractivity contribution >= 4 is 17.3 Å². The van der Waals surface area contributed by atoms with E-state index in [2.05, 4.69) is 15.0 Å². The Morgan fingerprint density at radius 2 is 2.25 bits per heavy atom. The number of benzene rings is 1. The third-order valence-electron chi connectivity index (χ3n) is 3.07. The van der Waals surface area contributed by atoms with Crippen LogP contribution in [0.25, 0.3) is 11.0 Å². The van der Waals surface area contributed by atoms with Gasteiger partial charge in [-0.1, -0.05) is 12.1 Å². The van der Waals surface area contributed by atoms with E-state index in [1.807, 2.05) is 31.2 Å². The molecule has 0 saturated carbocycles. The lowest BCUT2D eigenvalue weighted by Crippen LogP contribution is -2.00. The number of hydrogen-bond donors (Lipinski definition) is 1. The molecule has 2 aromatic heterocycles. The van der Waals surface area contributed by atoms with Crippen molar-refractivity contribution in [3.05, 3.63) is 53.6 Å². The van der Waals surface area contributed by atoms with Crippen molar-refractivity contribution in [1.82, 2.24) is 15.0 Å². The smallest absolute Gasteiger partial charge is 0.152 e. The average Bonchev–Trinajstić information content (AvgIpc) is 2.89. The fourth-order valence-corrected chi connectivity index (χ4v) is 2.11. The normalized spacial score (nSPS) is 10.7. The molecule has 100 valence electrons. The molecule has 0 unspecified atom stereocenters. The molecule has 0 amide bonds. The number of aromatic amines is 1. The van der Waals surface area contributed by atoms with E-state index in [0.29, 0.717) is 23.5 Å². The lowest BCUT2D eigenvalue weighted by molar-refractivity contribution is 0.112.